The molecule has 1 aromatic heterocycles. The Morgan fingerprint density at radius 3 is 2.63 bits per heavy atom. The largest absolute Gasteiger partial charge is 0.324 e. The Hall–Kier alpha value is -2.94. The van der Waals surface area contributed by atoms with Gasteiger partial charge in [0.15, 0.2) is 0 Å². The first-order valence-electron chi connectivity index (χ1n) is 5.38. The average molecular weight is 256 g/mol. The number of pyridine rings is 1. The molecular formula is C13H9FN4O. The third kappa shape index (κ3) is 3.26. The van der Waals surface area contributed by atoms with Crippen LogP contribution in [0.2, 0.25) is 0 Å². The molecule has 0 aliphatic rings. The van der Waals surface area contributed by atoms with E-state index in [4.69, 9.17) is 5.26 Å². The number of rotatable bonds is 2. The molecule has 2 amide bonds. The van der Waals surface area contributed by atoms with Gasteiger partial charge in [0.1, 0.15) is 17.7 Å². The van der Waals surface area contributed by atoms with Gasteiger partial charge in [-0.05, 0) is 24.3 Å². The zero-order valence-electron chi connectivity index (χ0n) is 9.72. The zero-order chi connectivity index (χ0) is 13.7. The number of nitrogens with zero attached hydrogens (tertiary/aromatic N) is 2. The van der Waals surface area contributed by atoms with Gasteiger partial charge in [0.05, 0.1) is 11.3 Å². The van der Waals surface area contributed by atoms with Gasteiger partial charge in [-0.1, -0.05) is 12.1 Å². The van der Waals surface area contributed by atoms with Crippen molar-refractivity contribution in [3.05, 3.63) is 54.0 Å². The van der Waals surface area contributed by atoms with Crippen LogP contribution in [0.5, 0.6) is 0 Å². The number of para-hydroxylation sites is 1. The van der Waals surface area contributed by atoms with Crippen LogP contribution in [0.3, 0.4) is 0 Å². The maximum absolute atomic E-state index is 13.3. The lowest BCUT2D eigenvalue weighted by Crippen LogP contribution is -2.20. The summed E-state index contributed by atoms with van der Waals surface area (Å²) in [5.41, 5.74) is 0.466. The maximum atomic E-state index is 13.3. The Labute approximate surface area is 108 Å². The molecule has 0 aliphatic carbocycles. The van der Waals surface area contributed by atoms with Gasteiger partial charge in [0.2, 0.25) is 0 Å². The van der Waals surface area contributed by atoms with Crippen molar-refractivity contribution >= 4 is 17.5 Å². The van der Waals surface area contributed by atoms with Crippen LogP contribution >= 0.6 is 0 Å². The molecule has 0 atom stereocenters. The van der Waals surface area contributed by atoms with Crippen molar-refractivity contribution in [1.29, 1.82) is 5.26 Å². The molecule has 2 aromatic rings. The van der Waals surface area contributed by atoms with E-state index in [1.54, 1.807) is 6.07 Å². The van der Waals surface area contributed by atoms with Gasteiger partial charge in [-0.2, -0.15) is 5.26 Å². The van der Waals surface area contributed by atoms with Crippen LogP contribution in [0.25, 0.3) is 0 Å². The number of carbonyl (C=O) groups is 1. The van der Waals surface area contributed by atoms with Crippen molar-refractivity contribution in [1.82, 2.24) is 4.98 Å². The number of aromatic nitrogens is 1. The van der Waals surface area contributed by atoms with Gasteiger partial charge in [-0.3, -0.25) is 5.32 Å². The molecule has 2 rings (SSSR count). The summed E-state index contributed by atoms with van der Waals surface area (Å²) in [6.07, 6.45) is 1.33. The standard InChI is InChI=1S/C13H9FN4O/c14-10-3-1-2-4-11(10)17-13(19)18-12-6-5-9(7-15)8-16-12/h1-6,8H,(H2,16,17,18,19). The molecule has 2 N–H and O–H groups in total. The first-order chi connectivity index (χ1) is 9.19. The fourth-order valence-electron chi connectivity index (χ4n) is 1.37. The van der Waals surface area contributed by atoms with E-state index < -0.39 is 11.8 Å². The molecule has 0 saturated heterocycles. The van der Waals surface area contributed by atoms with Crippen molar-refractivity contribution in [2.24, 2.45) is 0 Å². The van der Waals surface area contributed by atoms with Crippen molar-refractivity contribution in [3.8, 4) is 6.07 Å². The smallest absolute Gasteiger partial charge is 0.305 e. The van der Waals surface area contributed by atoms with E-state index >= 15 is 0 Å². The third-order valence-electron chi connectivity index (χ3n) is 2.26. The Balaban J connectivity index is 2.01. The van der Waals surface area contributed by atoms with Gasteiger partial charge in [0.25, 0.3) is 0 Å². The molecule has 6 heteroatoms. The summed E-state index contributed by atoms with van der Waals surface area (Å²) in [6, 6.07) is 10.1. The number of nitrogens with one attached hydrogen (secondary N) is 2. The SMILES string of the molecule is N#Cc1ccc(NC(=O)Nc2ccccc2F)nc1. The van der Waals surface area contributed by atoms with Crippen LogP contribution in [0, 0.1) is 17.1 Å². The summed E-state index contributed by atoms with van der Waals surface area (Å²) >= 11 is 0. The highest BCUT2D eigenvalue weighted by Gasteiger charge is 2.06. The second kappa shape index (κ2) is 5.60. The number of amides is 2. The predicted octanol–water partition coefficient (Wildman–Crippen LogP) is 2.74. The van der Waals surface area contributed by atoms with Gasteiger partial charge in [-0.15, -0.1) is 0 Å². The van der Waals surface area contributed by atoms with Gasteiger partial charge < -0.3 is 5.32 Å². The Morgan fingerprint density at radius 1 is 1.21 bits per heavy atom. The highest BCUT2D eigenvalue weighted by molar-refractivity contribution is 5.99. The third-order valence-corrected chi connectivity index (χ3v) is 2.26. The summed E-state index contributed by atoms with van der Waals surface area (Å²) in [5.74, 6) is -0.252. The minimum atomic E-state index is -0.609. The van der Waals surface area contributed by atoms with Crippen LogP contribution in [0.1, 0.15) is 5.56 Å². The van der Waals surface area contributed by atoms with Crippen LogP contribution in [-0.4, -0.2) is 11.0 Å². The normalized spacial score (nSPS) is 9.47. The van der Waals surface area contributed by atoms with Crippen LogP contribution < -0.4 is 10.6 Å². The fraction of sp³-hybridized carbons (Fsp3) is 0. The molecule has 0 radical (unpaired) electrons. The van der Waals surface area contributed by atoms with E-state index in [0.29, 0.717) is 5.56 Å². The zero-order valence-corrected chi connectivity index (χ0v) is 9.72. The highest BCUT2D eigenvalue weighted by Crippen LogP contribution is 2.13. The van der Waals surface area contributed by atoms with E-state index in [1.807, 2.05) is 6.07 Å². The lowest BCUT2D eigenvalue weighted by molar-refractivity contribution is 0.262. The lowest BCUT2D eigenvalue weighted by atomic mass is 10.3. The van der Waals surface area contributed by atoms with E-state index in [0.717, 1.165) is 0 Å². The van der Waals surface area contributed by atoms with E-state index in [1.165, 1.54) is 36.5 Å². The number of carbonyl (C=O) groups excluding carboxylic acids is 1. The number of nitriles is 1. The van der Waals surface area contributed by atoms with E-state index in [2.05, 4.69) is 15.6 Å². The molecule has 0 unspecified atom stereocenters. The number of hydrogen-bond acceptors (Lipinski definition) is 3. The minimum absolute atomic E-state index is 0.0774. The summed E-state index contributed by atoms with van der Waals surface area (Å²) in [7, 11) is 0. The van der Waals surface area contributed by atoms with Crippen molar-refractivity contribution in [2.45, 2.75) is 0 Å². The molecule has 0 aliphatic heterocycles. The van der Waals surface area contributed by atoms with E-state index in [9.17, 15) is 9.18 Å². The number of hydrogen-bond donors (Lipinski definition) is 2. The second-order valence-electron chi connectivity index (χ2n) is 3.60. The van der Waals surface area contributed by atoms with Crippen molar-refractivity contribution < 1.29 is 9.18 Å². The quantitative estimate of drug-likeness (QED) is 0.867. The Bertz CT molecular complexity index is 634. The summed E-state index contributed by atoms with van der Waals surface area (Å²) in [4.78, 5) is 15.5. The van der Waals surface area contributed by atoms with E-state index in [-0.39, 0.29) is 11.5 Å². The fourth-order valence-corrected chi connectivity index (χ4v) is 1.37. The molecule has 19 heavy (non-hydrogen) atoms. The lowest BCUT2D eigenvalue weighted by Gasteiger charge is -2.07. The molecule has 5 nitrogen and oxygen atoms in total. The maximum Gasteiger partial charge on any atom is 0.324 e. The molecule has 0 spiro atoms. The summed E-state index contributed by atoms with van der Waals surface area (Å²) < 4.78 is 13.3. The van der Waals surface area contributed by atoms with Crippen molar-refractivity contribution in [3.63, 3.8) is 0 Å². The van der Waals surface area contributed by atoms with Crippen LogP contribution in [0.4, 0.5) is 20.7 Å². The first-order valence-corrected chi connectivity index (χ1v) is 5.38. The topological polar surface area (TPSA) is 77.8 Å². The van der Waals surface area contributed by atoms with Crippen LogP contribution in [0.15, 0.2) is 42.6 Å². The number of halogens is 1. The molecule has 0 fully saturated rings. The summed E-state index contributed by atoms with van der Waals surface area (Å²) in [6.45, 7) is 0. The number of anilines is 2. The first kappa shape index (κ1) is 12.5. The van der Waals surface area contributed by atoms with Gasteiger partial charge in [-0.25, -0.2) is 14.2 Å². The number of benzene rings is 1. The molecule has 1 heterocycles. The molecule has 94 valence electrons. The average Bonchev–Trinajstić information content (AvgIpc) is 2.42. The minimum Gasteiger partial charge on any atom is -0.305 e. The molecule has 0 bridgehead atoms. The molecular weight excluding hydrogens is 247 g/mol. The van der Waals surface area contributed by atoms with Crippen molar-refractivity contribution in [2.75, 3.05) is 10.6 Å². The van der Waals surface area contributed by atoms with Crippen LogP contribution in [-0.2, 0) is 0 Å². The predicted molar refractivity (Wildman–Crippen MR) is 68.0 cm³/mol. The second-order valence-corrected chi connectivity index (χ2v) is 3.60. The molecule has 1 aromatic carbocycles. The van der Waals surface area contributed by atoms with Gasteiger partial charge >= 0.3 is 6.03 Å². The summed E-state index contributed by atoms with van der Waals surface area (Å²) in [5, 5.41) is 13.4. The monoisotopic (exact) mass is 256 g/mol. The number of urea groups is 1. The Kier molecular flexibility index (Phi) is 3.69. The molecule has 0 saturated carbocycles. The van der Waals surface area contributed by atoms with Gasteiger partial charge in [0, 0.05) is 6.20 Å². The highest BCUT2D eigenvalue weighted by atomic mass is 19.1. The Morgan fingerprint density at radius 2 is 2.00 bits per heavy atom.